The van der Waals surface area contributed by atoms with Crippen molar-refractivity contribution in [2.24, 2.45) is 0 Å². The van der Waals surface area contributed by atoms with Gasteiger partial charge in [-0.25, -0.2) is 29.9 Å². The third-order valence-corrected chi connectivity index (χ3v) is 20.7. The lowest BCUT2D eigenvalue weighted by atomic mass is 9.95. The maximum absolute atomic E-state index is 10.1. The van der Waals surface area contributed by atoms with Crippen molar-refractivity contribution in [3.63, 3.8) is 0 Å². The Morgan fingerprint density at radius 1 is 0.179 bits per heavy atom. The van der Waals surface area contributed by atoms with Crippen molar-refractivity contribution in [1.82, 2.24) is 39.0 Å². The third kappa shape index (κ3) is 12.4. The standard InChI is InChI=1S/C100H58N12/c101-59-63-18-13-30-71(48-63)77-36-42-89-83(53-77)84-54-78(72-31-14-19-64(49-72)60-102)37-43-90(84)111(89)93-46-40-81(57-87(93)99-107-95(67-22-5-1-6-23-67)105-96(108-99)68-24-7-2-8-25-68)75-34-17-35-76(52-75)82-41-47-94(88(58-82)100-109-97(69-26-9-3-10-27-69)106-98(110-100)70-28-11-4-12-29-70)112-91-44-38-79(73-32-15-20-65(50-73)61-103)55-85(91)86-56-80(39-45-92(86)112)74-33-16-21-66(51-74)62-104/h1-58H. The lowest BCUT2D eigenvalue weighted by molar-refractivity contribution is 1.06. The normalized spacial score (nSPS) is 11.2. The molecule has 12 nitrogen and oxygen atoms in total. The van der Waals surface area contributed by atoms with Gasteiger partial charge in [0, 0.05) is 54.9 Å². The molecule has 0 fully saturated rings. The van der Waals surface area contributed by atoms with Gasteiger partial charge in [0.05, 0.1) is 80.0 Å². The lowest BCUT2D eigenvalue weighted by Gasteiger charge is -2.18. The molecular weight excluding hydrogens is 1370 g/mol. The first-order valence-electron chi connectivity index (χ1n) is 36.6. The summed E-state index contributed by atoms with van der Waals surface area (Å²) in [6.45, 7) is 0. The van der Waals surface area contributed by atoms with Gasteiger partial charge in [-0.05, 0) is 194 Å². The van der Waals surface area contributed by atoms with Crippen LogP contribution in [0, 0.1) is 45.3 Å². The fraction of sp³-hybridized carbons (Fsp3) is 0. The number of rotatable bonds is 14. The van der Waals surface area contributed by atoms with Crippen LogP contribution in [0.5, 0.6) is 0 Å². The maximum atomic E-state index is 10.1. The Labute approximate surface area is 644 Å². The average molecular weight is 1430 g/mol. The van der Waals surface area contributed by atoms with E-state index in [1.165, 1.54) is 0 Å². The molecule has 4 aromatic heterocycles. The van der Waals surface area contributed by atoms with E-state index in [0.717, 1.165) is 155 Å². The Bertz CT molecular complexity index is 6410. The lowest BCUT2D eigenvalue weighted by Crippen LogP contribution is -2.04. The molecular formula is C100H58N12. The van der Waals surface area contributed by atoms with Gasteiger partial charge >= 0.3 is 0 Å². The van der Waals surface area contributed by atoms with Gasteiger partial charge in [-0.15, -0.1) is 0 Å². The number of benzene rings is 15. The van der Waals surface area contributed by atoms with Gasteiger partial charge in [0.25, 0.3) is 0 Å². The van der Waals surface area contributed by atoms with Crippen LogP contribution in [0.1, 0.15) is 22.3 Å². The van der Waals surface area contributed by atoms with E-state index in [1.807, 2.05) is 218 Å². The van der Waals surface area contributed by atoms with Gasteiger partial charge < -0.3 is 9.13 Å². The van der Waals surface area contributed by atoms with Crippen LogP contribution in [-0.2, 0) is 0 Å². The zero-order chi connectivity index (χ0) is 75.2. The van der Waals surface area contributed by atoms with Crippen LogP contribution in [0.4, 0.5) is 0 Å². The summed E-state index contributed by atoms with van der Waals surface area (Å²) in [4.78, 5) is 32.2. The highest BCUT2D eigenvalue weighted by molar-refractivity contribution is 6.14. The van der Waals surface area contributed by atoms with E-state index < -0.39 is 0 Å². The van der Waals surface area contributed by atoms with E-state index in [1.54, 1.807) is 0 Å². The molecule has 0 aliphatic rings. The first-order chi connectivity index (χ1) is 55.3. The van der Waals surface area contributed by atoms with Crippen molar-refractivity contribution in [3.8, 4) is 171 Å². The van der Waals surface area contributed by atoms with Gasteiger partial charge in [-0.2, -0.15) is 21.0 Å². The van der Waals surface area contributed by atoms with Crippen molar-refractivity contribution in [2.45, 2.75) is 0 Å². The summed E-state index contributed by atoms with van der Waals surface area (Å²) in [7, 11) is 0. The van der Waals surface area contributed by atoms with Crippen molar-refractivity contribution < 1.29 is 0 Å². The molecule has 15 aromatic carbocycles. The molecule has 19 rings (SSSR count). The summed E-state index contributed by atoms with van der Waals surface area (Å²) in [5.41, 5.74) is 23.6. The Kier molecular flexibility index (Phi) is 16.8. The predicted molar refractivity (Wildman–Crippen MR) is 446 cm³/mol. The Balaban J connectivity index is 0.830. The predicted octanol–water partition coefficient (Wildman–Crippen LogP) is 23.7. The van der Waals surface area contributed by atoms with Crippen LogP contribution in [-0.4, -0.2) is 39.0 Å². The van der Waals surface area contributed by atoms with Gasteiger partial charge in [0.2, 0.25) is 0 Å². The second-order valence-corrected chi connectivity index (χ2v) is 27.5. The summed E-state index contributed by atoms with van der Waals surface area (Å²) >= 11 is 0. The Morgan fingerprint density at radius 3 is 0.661 bits per heavy atom. The minimum absolute atomic E-state index is 0.465. The van der Waals surface area contributed by atoms with Crippen molar-refractivity contribution in [1.29, 1.82) is 21.0 Å². The molecule has 0 N–H and O–H groups in total. The molecule has 518 valence electrons. The molecule has 12 heteroatoms. The van der Waals surface area contributed by atoms with Crippen LogP contribution in [0.3, 0.4) is 0 Å². The van der Waals surface area contributed by atoms with E-state index in [2.05, 4.69) is 167 Å². The van der Waals surface area contributed by atoms with Crippen molar-refractivity contribution in [2.75, 3.05) is 0 Å². The SMILES string of the molecule is N#Cc1cccc(-c2ccc3c(c2)c2cc(-c4cccc(C#N)c4)ccc2n3-c2ccc(-c3cccc(-c4ccc(-n5c6ccc(-c7cccc(C#N)c7)cc6c6cc(-c7cccc(C#N)c7)ccc65)c(-c5nc(-c6ccccc6)nc(-c6ccccc6)n5)c4)c3)cc2-c2nc(-c3ccccc3)nc(-c3ccccc3)n2)c1. The molecule has 0 unspecified atom stereocenters. The summed E-state index contributed by atoms with van der Waals surface area (Å²) in [5.74, 6) is 2.99. The number of aromatic nitrogens is 8. The molecule has 0 saturated heterocycles. The van der Waals surface area contributed by atoms with Crippen LogP contribution >= 0.6 is 0 Å². The first-order valence-corrected chi connectivity index (χ1v) is 36.6. The molecule has 4 heterocycles. The summed E-state index contributed by atoms with van der Waals surface area (Å²) in [6, 6.07) is 128. The first kappa shape index (κ1) is 66.6. The molecule has 112 heavy (non-hydrogen) atoms. The largest absolute Gasteiger partial charge is 0.308 e. The van der Waals surface area contributed by atoms with E-state index in [-0.39, 0.29) is 0 Å². The topological polar surface area (TPSA) is 182 Å². The fourth-order valence-corrected chi connectivity index (χ4v) is 15.3. The van der Waals surface area contributed by atoms with Crippen LogP contribution in [0.2, 0.25) is 0 Å². The molecule has 0 saturated carbocycles. The second kappa shape index (κ2) is 28.3. The molecule has 0 amide bonds. The number of hydrogen-bond donors (Lipinski definition) is 0. The van der Waals surface area contributed by atoms with E-state index in [4.69, 9.17) is 29.9 Å². The molecule has 0 aliphatic heterocycles. The molecule has 0 aliphatic carbocycles. The van der Waals surface area contributed by atoms with Gasteiger partial charge in [0.15, 0.2) is 34.9 Å². The number of nitriles is 4. The number of nitrogens with zero attached hydrogens (tertiary/aromatic N) is 12. The molecule has 19 aromatic rings. The van der Waals surface area contributed by atoms with E-state index in [9.17, 15) is 21.0 Å². The quantitative estimate of drug-likeness (QED) is 0.102. The number of fused-ring (bicyclic) bond motifs is 6. The minimum Gasteiger partial charge on any atom is -0.308 e. The highest BCUT2D eigenvalue weighted by Crippen LogP contribution is 2.45. The Morgan fingerprint density at radius 2 is 0.393 bits per heavy atom. The summed E-state index contributed by atoms with van der Waals surface area (Å²) in [6.07, 6.45) is 0. The highest BCUT2D eigenvalue weighted by Gasteiger charge is 2.26. The Hall–Kier alpha value is -16.1. The monoisotopic (exact) mass is 1430 g/mol. The highest BCUT2D eigenvalue weighted by atomic mass is 15.1. The summed E-state index contributed by atoms with van der Waals surface area (Å²) in [5, 5.41) is 44.2. The van der Waals surface area contributed by atoms with Crippen LogP contribution < -0.4 is 0 Å². The average Bonchev–Trinajstić information content (AvgIpc) is 1.57. The van der Waals surface area contributed by atoms with E-state index >= 15 is 0 Å². The zero-order valence-corrected chi connectivity index (χ0v) is 59.9. The van der Waals surface area contributed by atoms with Gasteiger partial charge in [-0.1, -0.05) is 224 Å². The van der Waals surface area contributed by atoms with Crippen LogP contribution in [0.25, 0.3) is 190 Å². The molecule has 0 spiro atoms. The molecule has 0 atom stereocenters. The van der Waals surface area contributed by atoms with Crippen molar-refractivity contribution in [3.05, 3.63) is 374 Å². The second-order valence-electron chi connectivity index (χ2n) is 27.5. The summed E-state index contributed by atoms with van der Waals surface area (Å²) < 4.78 is 4.60. The van der Waals surface area contributed by atoms with Gasteiger partial charge in [-0.3, -0.25) is 0 Å². The fourth-order valence-electron chi connectivity index (χ4n) is 15.3. The van der Waals surface area contributed by atoms with E-state index in [0.29, 0.717) is 57.2 Å². The third-order valence-electron chi connectivity index (χ3n) is 20.7. The molecule has 0 radical (unpaired) electrons. The zero-order valence-electron chi connectivity index (χ0n) is 59.9. The van der Waals surface area contributed by atoms with Gasteiger partial charge in [0.1, 0.15) is 0 Å². The number of hydrogen-bond acceptors (Lipinski definition) is 10. The molecule has 0 bridgehead atoms. The van der Waals surface area contributed by atoms with Crippen LogP contribution in [0.15, 0.2) is 352 Å². The maximum Gasteiger partial charge on any atom is 0.166 e. The minimum atomic E-state index is 0.465. The smallest absolute Gasteiger partial charge is 0.166 e. The van der Waals surface area contributed by atoms with Crippen molar-refractivity contribution >= 4 is 43.6 Å².